The number of nitro benzene ring substituents is 1. The van der Waals surface area contributed by atoms with Crippen LogP contribution in [0.3, 0.4) is 0 Å². The third-order valence-corrected chi connectivity index (χ3v) is 3.81. The lowest BCUT2D eigenvalue weighted by Crippen LogP contribution is -2.07. The third-order valence-electron chi connectivity index (χ3n) is 2.59. The molecule has 9 heteroatoms. The minimum atomic E-state index is -1.07. The Hall–Kier alpha value is -2.19. The van der Waals surface area contributed by atoms with Gasteiger partial charge in [-0.2, -0.15) is 0 Å². The molecular formula is C12H10ClN3O4S. The summed E-state index contributed by atoms with van der Waals surface area (Å²) in [6, 6.07) is 4.63. The van der Waals surface area contributed by atoms with Crippen LogP contribution in [0, 0.1) is 10.1 Å². The van der Waals surface area contributed by atoms with E-state index in [1.54, 1.807) is 12.1 Å². The lowest BCUT2D eigenvalue weighted by atomic mass is 10.2. The predicted molar refractivity (Wildman–Crippen MR) is 79.4 cm³/mol. The van der Waals surface area contributed by atoms with Crippen molar-refractivity contribution in [1.82, 2.24) is 4.98 Å². The van der Waals surface area contributed by atoms with Crippen molar-refractivity contribution in [3.05, 3.63) is 49.4 Å². The first-order chi connectivity index (χ1) is 9.99. The number of nitrogens with zero attached hydrogens (tertiary/aromatic N) is 2. The zero-order valence-electron chi connectivity index (χ0n) is 10.6. The fraction of sp³-hybridized carbons (Fsp3) is 0.167. The summed E-state index contributed by atoms with van der Waals surface area (Å²) in [6.45, 7) is 0.383. The predicted octanol–water partition coefficient (Wildman–Crippen LogP) is 3.06. The molecule has 1 aromatic heterocycles. The first-order valence-electron chi connectivity index (χ1n) is 5.83. The molecule has 0 atom stereocenters. The number of rotatable bonds is 6. The monoisotopic (exact) mass is 327 g/mol. The Bertz CT molecular complexity index is 689. The zero-order valence-corrected chi connectivity index (χ0v) is 12.1. The van der Waals surface area contributed by atoms with E-state index in [1.807, 2.05) is 0 Å². The van der Waals surface area contributed by atoms with Crippen LogP contribution in [0.25, 0.3) is 0 Å². The number of benzene rings is 1. The van der Waals surface area contributed by atoms with Gasteiger partial charge in [0.1, 0.15) is 10.7 Å². The molecule has 21 heavy (non-hydrogen) atoms. The normalized spacial score (nSPS) is 10.3. The number of nitro groups is 1. The van der Waals surface area contributed by atoms with Crippen molar-refractivity contribution in [3.63, 3.8) is 0 Å². The van der Waals surface area contributed by atoms with Gasteiger partial charge in [0.25, 0.3) is 0 Å². The summed E-state index contributed by atoms with van der Waals surface area (Å²) in [4.78, 5) is 25.1. The molecule has 7 nitrogen and oxygen atoms in total. The molecule has 0 aliphatic carbocycles. The van der Waals surface area contributed by atoms with E-state index < -0.39 is 10.9 Å². The van der Waals surface area contributed by atoms with E-state index in [0.29, 0.717) is 23.7 Å². The number of carboxylic acid groups (broad SMARTS) is 1. The highest BCUT2D eigenvalue weighted by molar-refractivity contribution is 7.09. The molecule has 0 aliphatic rings. The Kier molecular flexibility index (Phi) is 4.71. The highest BCUT2D eigenvalue weighted by atomic mass is 35.5. The Labute approximate surface area is 128 Å². The molecule has 0 saturated heterocycles. The molecule has 1 aromatic carbocycles. The molecule has 2 rings (SSSR count). The van der Waals surface area contributed by atoms with E-state index in [0.717, 1.165) is 0 Å². The number of anilines is 1. The lowest BCUT2D eigenvalue weighted by Gasteiger charge is -2.06. The molecule has 2 aromatic rings. The van der Waals surface area contributed by atoms with Crippen molar-refractivity contribution >= 4 is 40.3 Å². The minimum Gasteiger partial charge on any atom is -0.476 e. The number of hydrogen-bond donors (Lipinski definition) is 2. The first kappa shape index (κ1) is 15.2. The quantitative estimate of drug-likeness (QED) is 0.624. The van der Waals surface area contributed by atoms with E-state index >= 15 is 0 Å². The first-order valence-corrected chi connectivity index (χ1v) is 7.09. The van der Waals surface area contributed by atoms with E-state index in [-0.39, 0.29) is 16.4 Å². The molecule has 0 unspecified atom stereocenters. The van der Waals surface area contributed by atoms with Crippen LogP contribution < -0.4 is 5.32 Å². The fourth-order valence-electron chi connectivity index (χ4n) is 1.67. The molecule has 0 aliphatic heterocycles. The third kappa shape index (κ3) is 3.67. The summed E-state index contributed by atoms with van der Waals surface area (Å²) in [6.07, 6.45) is 0.460. The number of aromatic nitrogens is 1. The van der Waals surface area contributed by atoms with Crippen molar-refractivity contribution in [2.24, 2.45) is 0 Å². The maximum atomic E-state index is 11.0. The molecule has 110 valence electrons. The average molecular weight is 328 g/mol. The summed E-state index contributed by atoms with van der Waals surface area (Å²) in [5.41, 5.74) is 0.149. The number of hydrogen-bond acceptors (Lipinski definition) is 6. The number of para-hydroxylation sites is 1. The van der Waals surface area contributed by atoms with Gasteiger partial charge in [0.15, 0.2) is 5.69 Å². The van der Waals surface area contributed by atoms with E-state index in [4.69, 9.17) is 16.7 Å². The standard InChI is InChI=1S/C12H10ClN3O4S/c13-7-2-1-3-8(11(7)16(19)20)14-5-4-10-15-9(6-21-10)12(17)18/h1-3,6,14H,4-5H2,(H,17,18). The Balaban J connectivity index is 2.02. The van der Waals surface area contributed by atoms with Crippen molar-refractivity contribution in [3.8, 4) is 0 Å². The van der Waals surface area contributed by atoms with Gasteiger partial charge in [0.05, 0.1) is 9.93 Å². The second-order valence-electron chi connectivity index (χ2n) is 4.00. The summed E-state index contributed by atoms with van der Waals surface area (Å²) in [5, 5.41) is 24.8. The number of aromatic carboxylic acids is 1. The van der Waals surface area contributed by atoms with Crippen LogP contribution in [0.2, 0.25) is 5.02 Å². The van der Waals surface area contributed by atoms with E-state index in [1.165, 1.54) is 22.8 Å². The number of halogens is 1. The van der Waals surface area contributed by atoms with Crippen LogP contribution in [0.5, 0.6) is 0 Å². The molecule has 0 bridgehead atoms. The van der Waals surface area contributed by atoms with Gasteiger partial charge in [-0.1, -0.05) is 17.7 Å². The Morgan fingerprint density at radius 3 is 2.90 bits per heavy atom. The largest absolute Gasteiger partial charge is 0.476 e. The van der Waals surface area contributed by atoms with Crippen molar-refractivity contribution in [2.75, 3.05) is 11.9 Å². The number of carboxylic acids is 1. The maximum absolute atomic E-state index is 11.0. The molecule has 1 heterocycles. The van der Waals surface area contributed by atoms with Crippen LogP contribution in [0.4, 0.5) is 11.4 Å². The molecule has 0 fully saturated rings. The van der Waals surface area contributed by atoms with Gasteiger partial charge in [-0.05, 0) is 12.1 Å². The second-order valence-corrected chi connectivity index (χ2v) is 5.35. The highest BCUT2D eigenvalue weighted by Crippen LogP contribution is 2.32. The van der Waals surface area contributed by atoms with Crippen LogP contribution in [-0.2, 0) is 6.42 Å². The van der Waals surface area contributed by atoms with Crippen LogP contribution in [0.1, 0.15) is 15.5 Å². The lowest BCUT2D eigenvalue weighted by molar-refractivity contribution is -0.383. The molecule has 0 amide bonds. The highest BCUT2D eigenvalue weighted by Gasteiger charge is 2.18. The molecule has 0 radical (unpaired) electrons. The van der Waals surface area contributed by atoms with Crippen molar-refractivity contribution in [1.29, 1.82) is 0 Å². The van der Waals surface area contributed by atoms with Crippen molar-refractivity contribution < 1.29 is 14.8 Å². The van der Waals surface area contributed by atoms with Gasteiger partial charge < -0.3 is 10.4 Å². The summed E-state index contributed by atoms with van der Waals surface area (Å²) in [7, 11) is 0. The van der Waals surface area contributed by atoms with Gasteiger partial charge in [0.2, 0.25) is 0 Å². The van der Waals surface area contributed by atoms with Gasteiger partial charge in [-0.15, -0.1) is 11.3 Å². The van der Waals surface area contributed by atoms with Crippen LogP contribution in [0.15, 0.2) is 23.6 Å². The fourth-order valence-corrected chi connectivity index (χ4v) is 2.69. The SMILES string of the molecule is O=C(O)c1csc(CCNc2cccc(Cl)c2[N+](=O)[O-])n1. The van der Waals surface area contributed by atoms with Gasteiger partial charge in [-0.3, -0.25) is 10.1 Å². The number of nitrogens with one attached hydrogen (secondary N) is 1. The summed E-state index contributed by atoms with van der Waals surface area (Å²) < 4.78 is 0. The Morgan fingerprint density at radius 1 is 1.52 bits per heavy atom. The summed E-state index contributed by atoms with van der Waals surface area (Å²) >= 11 is 7.04. The maximum Gasteiger partial charge on any atom is 0.355 e. The van der Waals surface area contributed by atoms with Gasteiger partial charge in [-0.25, -0.2) is 9.78 Å². The summed E-state index contributed by atoms with van der Waals surface area (Å²) in [5.74, 6) is -1.07. The molecular weight excluding hydrogens is 318 g/mol. The van der Waals surface area contributed by atoms with E-state index in [2.05, 4.69) is 10.3 Å². The molecule has 0 saturated carbocycles. The van der Waals surface area contributed by atoms with Crippen LogP contribution in [-0.4, -0.2) is 27.5 Å². The van der Waals surface area contributed by atoms with Crippen molar-refractivity contribution in [2.45, 2.75) is 6.42 Å². The molecule has 2 N–H and O–H groups in total. The van der Waals surface area contributed by atoms with Crippen LogP contribution >= 0.6 is 22.9 Å². The minimum absolute atomic E-state index is 0.00346. The number of thiazole rings is 1. The second kappa shape index (κ2) is 6.51. The smallest absolute Gasteiger partial charge is 0.355 e. The van der Waals surface area contributed by atoms with E-state index in [9.17, 15) is 14.9 Å². The zero-order chi connectivity index (χ0) is 15.4. The van der Waals surface area contributed by atoms with Gasteiger partial charge in [0, 0.05) is 18.3 Å². The Morgan fingerprint density at radius 2 is 2.29 bits per heavy atom. The molecule has 0 spiro atoms. The number of carbonyl (C=O) groups is 1. The van der Waals surface area contributed by atoms with Gasteiger partial charge >= 0.3 is 11.7 Å². The average Bonchev–Trinajstić information content (AvgIpc) is 2.87. The topological polar surface area (TPSA) is 105 Å².